The summed E-state index contributed by atoms with van der Waals surface area (Å²) in [6.07, 6.45) is -4.78. The molecule has 2 aliphatic heterocycles. The van der Waals surface area contributed by atoms with Crippen molar-refractivity contribution in [1.82, 2.24) is 19.7 Å². The Hall–Kier alpha value is -2.85. The average molecular weight is 372 g/mol. The van der Waals surface area contributed by atoms with Crippen LogP contribution in [0.15, 0.2) is 24.4 Å². The van der Waals surface area contributed by atoms with Crippen molar-refractivity contribution in [2.45, 2.75) is 18.1 Å². The minimum absolute atomic E-state index is 0.0851. The number of amides is 4. The van der Waals surface area contributed by atoms with Gasteiger partial charge in [-0.05, 0) is 12.1 Å². The molecule has 2 fully saturated rings. The lowest BCUT2D eigenvalue weighted by molar-refractivity contribution is -0.155. The minimum Gasteiger partial charge on any atom is -0.465 e. The minimum atomic E-state index is -4.75. The van der Waals surface area contributed by atoms with Crippen molar-refractivity contribution in [2.75, 3.05) is 26.2 Å². The van der Waals surface area contributed by atoms with Crippen LogP contribution in [0.3, 0.4) is 0 Å². The van der Waals surface area contributed by atoms with Gasteiger partial charge in [0.1, 0.15) is 12.1 Å². The molecular formula is C15H15F3N4O4. The van der Waals surface area contributed by atoms with E-state index in [-0.39, 0.29) is 24.4 Å². The standard InChI is InChI=1S/C15H15F3N4O4/c16-15(17,18)9-21-11(23)14(7-10-3-1-2-4-19-10)8-20(13(25)26)5-6-22(14)12(21)24/h1-4H,5-9H2,(H,25,26). The summed E-state index contributed by atoms with van der Waals surface area (Å²) in [4.78, 5) is 42.8. The van der Waals surface area contributed by atoms with Crippen molar-refractivity contribution in [3.63, 3.8) is 0 Å². The third-order valence-electron chi connectivity index (χ3n) is 4.48. The second kappa shape index (κ2) is 6.15. The number of pyridine rings is 1. The summed E-state index contributed by atoms with van der Waals surface area (Å²) in [5.41, 5.74) is -1.35. The molecule has 0 spiro atoms. The average Bonchev–Trinajstić information content (AvgIpc) is 2.76. The van der Waals surface area contributed by atoms with Gasteiger partial charge in [-0.1, -0.05) is 6.07 Å². The number of fused-ring (bicyclic) bond motifs is 1. The van der Waals surface area contributed by atoms with E-state index in [1.807, 2.05) is 0 Å². The summed E-state index contributed by atoms with van der Waals surface area (Å²) in [7, 11) is 0. The summed E-state index contributed by atoms with van der Waals surface area (Å²) in [5.74, 6) is -1.06. The molecule has 140 valence electrons. The normalized spacial score (nSPS) is 23.4. The molecule has 26 heavy (non-hydrogen) atoms. The van der Waals surface area contributed by atoms with E-state index in [2.05, 4.69) is 4.98 Å². The van der Waals surface area contributed by atoms with Gasteiger partial charge in [0.25, 0.3) is 5.91 Å². The third-order valence-corrected chi connectivity index (χ3v) is 4.48. The van der Waals surface area contributed by atoms with E-state index >= 15 is 0 Å². The fourth-order valence-corrected chi connectivity index (χ4v) is 3.37. The Morgan fingerprint density at radius 1 is 1.27 bits per heavy atom. The Labute approximate surface area is 145 Å². The number of carbonyl (C=O) groups excluding carboxylic acids is 2. The van der Waals surface area contributed by atoms with E-state index in [4.69, 9.17) is 0 Å². The summed E-state index contributed by atoms with van der Waals surface area (Å²) < 4.78 is 38.4. The number of hydrogen-bond acceptors (Lipinski definition) is 4. The first-order valence-electron chi connectivity index (χ1n) is 7.72. The molecule has 8 nitrogen and oxygen atoms in total. The molecule has 0 aromatic carbocycles. The van der Waals surface area contributed by atoms with Crippen molar-refractivity contribution in [1.29, 1.82) is 0 Å². The smallest absolute Gasteiger partial charge is 0.407 e. The van der Waals surface area contributed by atoms with E-state index in [0.29, 0.717) is 5.69 Å². The van der Waals surface area contributed by atoms with Gasteiger partial charge in [0.15, 0.2) is 0 Å². The largest absolute Gasteiger partial charge is 0.465 e. The van der Waals surface area contributed by atoms with Crippen LogP contribution in [0.25, 0.3) is 0 Å². The van der Waals surface area contributed by atoms with Crippen LogP contribution < -0.4 is 0 Å². The Morgan fingerprint density at radius 3 is 2.58 bits per heavy atom. The van der Waals surface area contributed by atoms with E-state index in [0.717, 1.165) is 9.80 Å². The number of aromatic nitrogens is 1. The molecule has 0 bridgehead atoms. The first-order valence-corrected chi connectivity index (χ1v) is 7.72. The highest BCUT2D eigenvalue weighted by atomic mass is 19.4. The molecule has 1 N–H and O–H groups in total. The number of carbonyl (C=O) groups is 3. The van der Waals surface area contributed by atoms with Crippen molar-refractivity contribution >= 4 is 18.0 Å². The highest BCUT2D eigenvalue weighted by molar-refractivity contribution is 6.07. The molecule has 0 aliphatic carbocycles. The molecule has 3 heterocycles. The summed E-state index contributed by atoms with van der Waals surface area (Å²) in [5, 5.41) is 9.25. The van der Waals surface area contributed by atoms with Crippen molar-refractivity contribution in [3.05, 3.63) is 30.1 Å². The van der Waals surface area contributed by atoms with Gasteiger partial charge in [0.2, 0.25) is 0 Å². The van der Waals surface area contributed by atoms with E-state index in [1.54, 1.807) is 18.2 Å². The van der Waals surface area contributed by atoms with Crippen LogP contribution in [0.1, 0.15) is 5.69 Å². The number of rotatable bonds is 3. The lowest BCUT2D eigenvalue weighted by atomic mass is 9.88. The van der Waals surface area contributed by atoms with Gasteiger partial charge in [0.05, 0.1) is 6.54 Å². The molecule has 3 rings (SSSR count). The summed E-state index contributed by atoms with van der Waals surface area (Å²) in [6, 6.07) is 3.77. The first-order chi connectivity index (χ1) is 12.1. The predicted molar refractivity (Wildman–Crippen MR) is 80.1 cm³/mol. The molecule has 1 unspecified atom stereocenters. The Morgan fingerprint density at radius 2 is 2.00 bits per heavy atom. The maximum absolute atomic E-state index is 12.8. The second-order valence-corrected chi connectivity index (χ2v) is 6.17. The van der Waals surface area contributed by atoms with E-state index in [9.17, 15) is 32.7 Å². The number of nitrogens with zero attached hydrogens (tertiary/aromatic N) is 4. The van der Waals surface area contributed by atoms with E-state index in [1.165, 1.54) is 6.20 Å². The Balaban J connectivity index is 2.01. The summed E-state index contributed by atoms with van der Waals surface area (Å²) >= 11 is 0. The Bertz CT molecular complexity index is 742. The molecular weight excluding hydrogens is 357 g/mol. The molecule has 2 saturated heterocycles. The van der Waals surface area contributed by atoms with Gasteiger partial charge in [-0.3, -0.25) is 14.7 Å². The SMILES string of the molecule is O=C(O)N1CCN2C(=O)N(CC(F)(F)F)C(=O)C2(Cc2ccccn2)C1. The maximum Gasteiger partial charge on any atom is 0.407 e. The Kier molecular flexibility index (Phi) is 4.24. The second-order valence-electron chi connectivity index (χ2n) is 6.17. The zero-order valence-electron chi connectivity index (χ0n) is 13.4. The number of urea groups is 1. The molecule has 11 heteroatoms. The zero-order chi connectivity index (χ0) is 19.1. The molecule has 4 amide bonds. The highest BCUT2D eigenvalue weighted by Crippen LogP contribution is 2.36. The van der Waals surface area contributed by atoms with Gasteiger partial charge >= 0.3 is 18.3 Å². The number of piperazine rings is 1. The lowest BCUT2D eigenvalue weighted by Gasteiger charge is -2.43. The first kappa shape index (κ1) is 18.0. The van der Waals surface area contributed by atoms with Crippen LogP contribution in [0.2, 0.25) is 0 Å². The third kappa shape index (κ3) is 3.04. The van der Waals surface area contributed by atoms with Crippen molar-refractivity contribution < 1.29 is 32.7 Å². The number of alkyl halides is 3. The van der Waals surface area contributed by atoms with Crippen LogP contribution in [0.5, 0.6) is 0 Å². The lowest BCUT2D eigenvalue weighted by Crippen LogP contribution is -2.64. The molecule has 1 atom stereocenters. The van der Waals surface area contributed by atoms with Crippen LogP contribution >= 0.6 is 0 Å². The van der Waals surface area contributed by atoms with Gasteiger partial charge in [-0.15, -0.1) is 0 Å². The molecule has 1 aromatic heterocycles. The number of imide groups is 1. The van der Waals surface area contributed by atoms with Crippen LogP contribution in [0, 0.1) is 0 Å². The predicted octanol–water partition coefficient (Wildman–Crippen LogP) is 1.18. The van der Waals surface area contributed by atoms with Gasteiger partial charge in [-0.25, -0.2) is 9.59 Å². The highest BCUT2D eigenvalue weighted by Gasteiger charge is 2.61. The zero-order valence-corrected chi connectivity index (χ0v) is 13.4. The number of carboxylic acid groups (broad SMARTS) is 1. The molecule has 1 aromatic rings. The van der Waals surface area contributed by atoms with E-state index < -0.39 is 42.8 Å². The molecule has 0 saturated carbocycles. The van der Waals surface area contributed by atoms with Gasteiger partial charge < -0.3 is 14.9 Å². The topological polar surface area (TPSA) is 94.0 Å². The van der Waals surface area contributed by atoms with Gasteiger partial charge in [-0.2, -0.15) is 13.2 Å². The van der Waals surface area contributed by atoms with Crippen molar-refractivity contribution in [2.24, 2.45) is 0 Å². The quantitative estimate of drug-likeness (QED) is 0.805. The van der Waals surface area contributed by atoms with Crippen LogP contribution in [-0.4, -0.2) is 80.7 Å². The molecule has 0 radical (unpaired) electrons. The van der Waals surface area contributed by atoms with Gasteiger partial charge in [0, 0.05) is 31.4 Å². The number of hydrogen-bond donors (Lipinski definition) is 1. The molecule has 2 aliphatic rings. The maximum atomic E-state index is 12.8. The fraction of sp³-hybridized carbons (Fsp3) is 0.467. The fourth-order valence-electron chi connectivity index (χ4n) is 3.37. The number of halogens is 3. The van der Waals surface area contributed by atoms with Crippen LogP contribution in [0.4, 0.5) is 22.8 Å². The van der Waals surface area contributed by atoms with Crippen molar-refractivity contribution in [3.8, 4) is 0 Å². The van der Waals surface area contributed by atoms with Crippen LogP contribution in [-0.2, 0) is 11.2 Å². The monoisotopic (exact) mass is 372 g/mol. The summed E-state index contributed by atoms with van der Waals surface area (Å²) in [6.45, 7) is -2.37.